The van der Waals surface area contributed by atoms with Crippen LogP contribution in [0.5, 0.6) is 0 Å². The van der Waals surface area contributed by atoms with E-state index < -0.39 is 0 Å². The third kappa shape index (κ3) is 5.92. The van der Waals surface area contributed by atoms with Gasteiger partial charge in [-0.2, -0.15) is 5.10 Å². The summed E-state index contributed by atoms with van der Waals surface area (Å²) in [6, 6.07) is 19.0. The summed E-state index contributed by atoms with van der Waals surface area (Å²) in [5.74, 6) is 1.69. The lowest BCUT2D eigenvalue weighted by molar-refractivity contribution is 0.557. The van der Waals surface area contributed by atoms with E-state index in [0.717, 1.165) is 36.8 Å². The van der Waals surface area contributed by atoms with Crippen LogP contribution >= 0.6 is 0 Å². The highest BCUT2D eigenvalue weighted by Gasteiger charge is 2.29. The molecule has 0 radical (unpaired) electrons. The van der Waals surface area contributed by atoms with Crippen LogP contribution in [0.25, 0.3) is 6.08 Å². The van der Waals surface area contributed by atoms with Gasteiger partial charge in [0.1, 0.15) is 11.6 Å². The van der Waals surface area contributed by atoms with E-state index in [4.69, 9.17) is 9.52 Å². The van der Waals surface area contributed by atoms with Crippen molar-refractivity contribution in [1.29, 1.82) is 0 Å². The molecule has 3 heterocycles. The summed E-state index contributed by atoms with van der Waals surface area (Å²) in [5.41, 5.74) is 3.57. The second-order valence-electron chi connectivity index (χ2n) is 8.48. The zero-order valence-corrected chi connectivity index (χ0v) is 19.7. The first-order chi connectivity index (χ1) is 16.3. The van der Waals surface area contributed by atoms with E-state index in [2.05, 4.69) is 48.0 Å². The predicted molar refractivity (Wildman–Crippen MR) is 138 cm³/mol. The maximum absolute atomic E-state index is 5.44. The monoisotopic (exact) mass is 442 g/mol. The average molecular weight is 443 g/mol. The Balaban J connectivity index is 1.55. The van der Waals surface area contributed by atoms with Gasteiger partial charge in [-0.3, -0.25) is 0 Å². The van der Waals surface area contributed by atoms with Crippen molar-refractivity contribution in [1.82, 2.24) is 4.98 Å². The molecule has 0 aliphatic carbocycles. The summed E-state index contributed by atoms with van der Waals surface area (Å²) >= 11 is 0. The molecule has 0 saturated carbocycles. The van der Waals surface area contributed by atoms with Gasteiger partial charge in [0.05, 0.1) is 18.0 Å². The molecule has 0 spiro atoms. The molecule has 2 aromatic heterocycles. The van der Waals surface area contributed by atoms with Gasteiger partial charge in [-0.1, -0.05) is 44.9 Å². The van der Waals surface area contributed by atoms with Gasteiger partial charge in [-0.25, -0.2) is 9.99 Å². The zero-order valence-electron chi connectivity index (χ0n) is 19.7. The fourth-order valence-corrected chi connectivity index (χ4v) is 4.13. The number of benzene rings is 1. The Labute approximate surface area is 197 Å². The highest BCUT2D eigenvalue weighted by atomic mass is 16.3. The van der Waals surface area contributed by atoms with Crippen LogP contribution in [0.1, 0.15) is 63.3 Å². The zero-order chi connectivity index (χ0) is 22.9. The minimum absolute atomic E-state index is 0.116. The third-order valence-corrected chi connectivity index (χ3v) is 6.01. The number of nitrogens with zero attached hydrogens (tertiary/aromatic N) is 4. The Morgan fingerprint density at radius 1 is 0.970 bits per heavy atom. The van der Waals surface area contributed by atoms with Crippen molar-refractivity contribution in [2.45, 2.75) is 52.0 Å². The number of allylic oxidation sites excluding steroid dienone is 1. The van der Waals surface area contributed by atoms with Gasteiger partial charge in [0.25, 0.3) is 0 Å². The number of rotatable bonds is 11. The van der Waals surface area contributed by atoms with Crippen molar-refractivity contribution in [3.63, 3.8) is 0 Å². The first-order valence-corrected chi connectivity index (χ1v) is 12.1. The van der Waals surface area contributed by atoms with E-state index in [1.165, 1.54) is 36.9 Å². The number of anilines is 2. The Bertz CT molecular complexity index is 1020. The van der Waals surface area contributed by atoms with Gasteiger partial charge in [-0.15, -0.1) is 0 Å². The smallest absolute Gasteiger partial charge is 0.149 e. The molecule has 1 aliphatic rings. The summed E-state index contributed by atoms with van der Waals surface area (Å²) in [7, 11) is 0. The minimum Gasteiger partial charge on any atom is -0.465 e. The fourth-order valence-electron chi connectivity index (χ4n) is 4.13. The lowest BCUT2D eigenvalue weighted by Gasteiger charge is -2.26. The van der Waals surface area contributed by atoms with Gasteiger partial charge in [0.2, 0.25) is 0 Å². The van der Waals surface area contributed by atoms with E-state index in [9.17, 15) is 0 Å². The van der Waals surface area contributed by atoms with Crippen molar-refractivity contribution in [2.75, 3.05) is 23.0 Å². The van der Waals surface area contributed by atoms with E-state index in [1.54, 1.807) is 6.26 Å². The van der Waals surface area contributed by atoms with Crippen molar-refractivity contribution in [3.05, 3.63) is 84.5 Å². The van der Waals surface area contributed by atoms with Crippen LogP contribution in [0, 0.1) is 0 Å². The van der Waals surface area contributed by atoms with Crippen LogP contribution in [0.2, 0.25) is 0 Å². The Morgan fingerprint density at radius 3 is 2.39 bits per heavy atom. The summed E-state index contributed by atoms with van der Waals surface area (Å²) in [6.07, 6.45) is 13.2. The quantitative estimate of drug-likeness (QED) is 0.318. The molecule has 5 nitrogen and oxygen atoms in total. The van der Waals surface area contributed by atoms with E-state index in [0.29, 0.717) is 0 Å². The van der Waals surface area contributed by atoms with Crippen molar-refractivity contribution in [3.8, 4) is 0 Å². The summed E-state index contributed by atoms with van der Waals surface area (Å²) in [5, 5.41) is 6.95. The molecule has 1 unspecified atom stereocenters. The van der Waals surface area contributed by atoms with Crippen LogP contribution < -0.4 is 9.91 Å². The molecule has 1 aromatic carbocycles. The predicted octanol–water partition coefficient (Wildman–Crippen LogP) is 7.10. The number of furan rings is 1. The number of unbranched alkanes of at least 4 members (excludes halogenated alkanes) is 2. The van der Waals surface area contributed by atoms with Crippen molar-refractivity contribution in [2.24, 2.45) is 5.10 Å². The molecule has 3 aromatic rings. The topological polar surface area (TPSA) is 44.9 Å². The van der Waals surface area contributed by atoms with Crippen LogP contribution in [0.4, 0.5) is 11.5 Å². The normalized spacial score (nSPS) is 15.9. The minimum atomic E-state index is 0.116. The molecular formula is C28H34N4O. The van der Waals surface area contributed by atoms with E-state index >= 15 is 0 Å². The molecule has 172 valence electrons. The molecule has 0 amide bonds. The third-order valence-electron chi connectivity index (χ3n) is 6.01. The molecule has 1 atom stereocenters. The summed E-state index contributed by atoms with van der Waals surface area (Å²) < 4.78 is 5.44. The van der Waals surface area contributed by atoms with Crippen LogP contribution in [-0.2, 0) is 0 Å². The standard InChI is InChI=1S/C28H34N4O/c1-3-5-19-31(20-6-4-2)25-15-12-23(13-16-25)27-22-24(14-17-26-10-9-21-33-26)30-32(27)28-11-7-8-18-29-28/h7-18,21,27H,3-6,19-20,22H2,1-2H3. The SMILES string of the molecule is CCCCN(CCCC)c1ccc(C2CC(C=Cc3ccco3)=NN2c2ccccn2)cc1. The first kappa shape index (κ1) is 22.8. The highest BCUT2D eigenvalue weighted by Crippen LogP contribution is 2.35. The summed E-state index contributed by atoms with van der Waals surface area (Å²) in [6.45, 7) is 6.74. The Hall–Kier alpha value is -3.34. The summed E-state index contributed by atoms with van der Waals surface area (Å²) in [4.78, 5) is 7.09. The highest BCUT2D eigenvalue weighted by molar-refractivity contribution is 6.00. The molecule has 4 rings (SSSR count). The average Bonchev–Trinajstić information content (AvgIpc) is 3.54. The number of hydrazone groups is 1. The van der Waals surface area contributed by atoms with E-state index in [-0.39, 0.29) is 6.04 Å². The van der Waals surface area contributed by atoms with Gasteiger partial charge in [0.15, 0.2) is 0 Å². The molecule has 0 fully saturated rings. The molecular weight excluding hydrogens is 408 g/mol. The second-order valence-corrected chi connectivity index (χ2v) is 8.48. The fraction of sp³-hybridized carbons (Fsp3) is 0.357. The second kappa shape index (κ2) is 11.5. The van der Waals surface area contributed by atoms with Crippen LogP contribution in [0.15, 0.2) is 82.7 Å². The lowest BCUT2D eigenvalue weighted by atomic mass is 10.0. The van der Waals surface area contributed by atoms with Crippen LogP contribution in [0.3, 0.4) is 0 Å². The Morgan fingerprint density at radius 2 is 1.76 bits per heavy atom. The van der Waals surface area contributed by atoms with Gasteiger partial charge in [-0.05, 0) is 67.0 Å². The van der Waals surface area contributed by atoms with Gasteiger partial charge < -0.3 is 9.32 Å². The maximum atomic E-state index is 5.44. The van der Waals surface area contributed by atoms with Gasteiger partial charge in [0, 0.05) is 31.4 Å². The Kier molecular flexibility index (Phi) is 7.96. The van der Waals surface area contributed by atoms with Gasteiger partial charge >= 0.3 is 0 Å². The largest absolute Gasteiger partial charge is 0.465 e. The van der Waals surface area contributed by atoms with Crippen molar-refractivity contribution < 1.29 is 4.42 Å². The number of hydrogen-bond acceptors (Lipinski definition) is 5. The molecule has 33 heavy (non-hydrogen) atoms. The van der Waals surface area contributed by atoms with E-state index in [1.807, 2.05) is 53.7 Å². The number of pyridine rings is 1. The molecule has 0 saturated heterocycles. The first-order valence-electron chi connectivity index (χ1n) is 12.1. The molecule has 0 bridgehead atoms. The van der Waals surface area contributed by atoms with Crippen molar-refractivity contribution >= 4 is 23.3 Å². The number of aromatic nitrogens is 1. The molecule has 1 aliphatic heterocycles. The molecule has 5 heteroatoms. The molecule has 0 N–H and O–H groups in total. The maximum Gasteiger partial charge on any atom is 0.149 e. The van der Waals surface area contributed by atoms with Crippen LogP contribution in [-0.4, -0.2) is 23.8 Å². The number of hydrogen-bond donors (Lipinski definition) is 0. The lowest BCUT2D eigenvalue weighted by Crippen LogP contribution is -2.25.